The molecule has 3 heterocycles. The standard InChI is InChI=1S/C20H20N4OS2/c1-2-5-11-8-9-13-16(22)17(27-19(13)23-11)18(25)24-20-14(10-21)12-6-3-4-7-15(12)26-20/h8-9H,2-7,22H2,1H3,(H,24,25). The summed E-state index contributed by atoms with van der Waals surface area (Å²) in [6, 6.07) is 6.19. The molecule has 0 saturated heterocycles. The van der Waals surface area contributed by atoms with E-state index in [0.717, 1.165) is 60.0 Å². The molecule has 3 aromatic rings. The van der Waals surface area contributed by atoms with Gasteiger partial charge in [-0.25, -0.2) is 4.98 Å². The zero-order valence-corrected chi connectivity index (χ0v) is 16.7. The number of fused-ring (bicyclic) bond motifs is 2. The van der Waals surface area contributed by atoms with Crippen molar-refractivity contribution in [2.45, 2.75) is 45.4 Å². The van der Waals surface area contributed by atoms with Crippen LogP contribution >= 0.6 is 22.7 Å². The number of hydrogen-bond donors (Lipinski definition) is 2. The summed E-state index contributed by atoms with van der Waals surface area (Å²) in [6.07, 6.45) is 6.06. The van der Waals surface area contributed by atoms with Gasteiger partial charge in [-0.05, 0) is 49.8 Å². The van der Waals surface area contributed by atoms with Gasteiger partial charge in [0.15, 0.2) is 0 Å². The summed E-state index contributed by atoms with van der Waals surface area (Å²) in [7, 11) is 0. The van der Waals surface area contributed by atoms with E-state index in [1.807, 2.05) is 12.1 Å². The molecule has 0 fully saturated rings. The maximum absolute atomic E-state index is 12.9. The maximum Gasteiger partial charge on any atom is 0.268 e. The van der Waals surface area contributed by atoms with Gasteiger partial charge < -0.3 is 11.1 Å². The third-order valence-corrected chi connectivity index (χ3v) is 7.20. The lowest BCUT2D eigenvalue weighted by atomic mass is 9.96. The van der Waals surface area contributed by atoms with E-state index in [2.05, 4.69) is 23.3 Å². The molecule has 1 aliphatic rings. The van der Waals surface area contributed by atoms with Gasteiger partial charge in [0.1, 0.15) is 20.8 Å². The number of carbonyl (C=O) groups is 1. The highest BCUT2D eigenvalue weighted by atomic mass is 32.1. The lowest BCUT2D eigenvalue weighted by Gasteiger charge is -2.09. The third-order valence-electron chi connectivity index (χ3n) is 4.87. The van der Waals surface area contributed by atoms with Crippen LogP contribution in [0.15, 0.2) is 12.1 Å². The number of amides is 1. The smallest absolute Gasteiger partial charge is 0.268 e. The average molecular weight is 397 g/mol. The molecule has 0 aromatic carbocycles. The summed E-state index contributed by atoms with van der Waals surface area (Å²) in [5, 5.41) is 14.0. The Morgan fingerprint density at radius 1 is 1.33 bits per heavy atom. The summed E-state index contributed by atoms with van der Waals surface area (Å²) in [4.78, 5) is 20.0. The molecular weight excluding hydrogens is 376 g/mol. The van der Waals surface area contributed by atoms with Crippen molar-refractivity contribution < 1.29 is 4.79 Å². The minimum atomic E-state index is -0.261. The van der Waals surface area contributed by atoms with Crippen LogP contribution in [0.2, 0.25) is 0 Å². The molecule has 1 aliphatic carbocycles. The first-order chi connectivity index (χ1) is 13.1. The van der Waals surface area contributed by atoms with E-state index in [1.165, 1.54) is 27.6 Å². The molecule has 3 N–H and O–H groups in total. The minimum Gasteiger partial charge on any atom is -0.397 e. The molecule has 0 radical (unpaired) electrons. The van der Waals surface area contributed by atoms with Crippen LogP contribution in [-0.4, -0.2) is 10.9 Å². The van der Waals surface area contributed by atoms with Gasteiger partial charge in [0.05, 0.1) is 11.3 Å². The predicted octanol–water partition coefficient (Wildman–Crippen LogP) is 4.90. The van der Waals surface area contributed by atoms with E-state index in [1.54, 1.807) is 0 Å². The molecule has 1 amide bonds. The second-order valence-electron chi connectivity index (χ2n) is 6.73. The largest absolute Gasteiger partial charge is 0.397 e. The van der Waals surface area contributed by atoms with Gasteiger partial charge in [-0.3, -0.25) is 4.79 Å². The molecule has 0 bridgehead atoms. The number of nitrogens with one attached hydrogen (secondary N) is 1. The molecule has 0 atom stereocenters. The van der Waals surface area contributed by atoms with Crippen molar-refractivity contribution in [3.05, 3.63) is 38.7 Å². The van der Waals surface area contributed by atoms with Crippen molar-refractivity contribution in [1.29, 1.82) is 5.26 Å². The summed E-state index contributed by atoms with van der Waals surface area (Å²) < 4.78 is 0. The van der Waals surface area contributed by atoms with E-state index < -0.39 is 0 Å². The molecule has 7 heteroatoms. The lowest BCUT2D eigenvalue weighted by Crippen LogP contribution is -2.12. The van der Waals surface area contributed by atoms with Crippen molar-refractivity contribution in [3.8, 4) is 6.07 Å². The number of nitrogen functional groups attached to an aromatic ring is 1. The van der Waals surface area contributed by atoms with Crippen molar-refractivity contribution in [1.82, 2.24) is 4.98 Å². The number of thiophene rings is 2. The number of nitriles is 1. The molecule has 0 aliphatic heterocycles. The highest BCUT2D eigenvalue weighted by Crippen LogP contribution is 2.39. The van der Waals surface area contributed by atoms with Crippen LogP contribution in [0.1, 0.15) is 57.6 Å². The monoisotopic (exact) mass is 396 g/mol. The summed E-state index contributed by atoms with van der Waals surface area (Å²) in [6.45, 7) is 2.11. The highest BCUT2D eigenvalue weighted by molar-refractivity contribution is 7.21. The van der Waals surface area contributed by atoms with Gasteiger partial charge in [0.25, 0.3) is 5.91 Å². The van der Waals surface area contributed by atoms with Crippen LogP contribution in [0.25, 0.3) is 10.2 Å². The number of aromatic nitrogens is 1. The summed E-state index contributed by atoms with van der Waals surface area (Å²) in [5.74, 6) is -0.261. The molecule has 138 valence electrons. The molecule has 5 nitrogen and oxygen atoms in total. The molecule has 3 aromatic heterocycles. The Labute approximate surface area is 165 Å². The van der Waals surface area contributed by atoms with Crippen LogP contribution in [0.4, 0.5) is 10.7 Å². The highest BCUT2D eigenvalue weighted by Gasteiger charge is 2.24. The number of hydrogen-bond acceptors (Lipinski definition) is 6. The Morgan fingerprint density at radius 2 is 2.15 bits per heavy atom. The molecule has 0 spiro atoms. The number of nitrogens with two attached hydrogens (primary N) is 1. The lowest BCUT2D eigenvalue weighted by molar-refractivity contribution is 0.103. The second kappa shape index (κ2) is 7.29. The Bertz CT molecular complexity index is 1070. The first-order valence-electron chi connectivity index (χ1n) is 9.16. The molecular formula is C20H20N4OS2. The van der Waals surface area contributed by atoms with Crippen LogP contribution in [0.3, 0.4) is 0 Å². The molecule has 0 unspecified atom stereocenters. The zero-order chi connectivity index (χ0) is 19.0. The van der Waals surface area contributed by atoms with Crippen molar-refractivity contribution in [3.63, 3.8) is 0 Å². The van der Waals surface area contributed by atoms with E-state index >= 15 is 0 Å². The maximum atomic E-state index is 12.9. The predicted molar refractivity (Wildman–Crippen MR) is 112 cm³/mol. The topological polar surface area (TPSA) is 91.8 Å². The number of anilines is 2. The van der Waals surface area contributed by atoms with E-state index in [9.17, 15) is 10.1 Å². The SMILES string of the molecule is CCCc1ccc2c(N)c(C(=O)Nc3sc4c(c3C#N)CCCC4)sc2n1. The number of rotatable bonds is 4. The van der Waals surface area contributed by atoms with Gasteiger partial charge in [0, 0.05) is 16.0 Å². The van der Waals surface area contributed by atoms with Gasteiger partial charge in [0.2, 0.25) is 0 Å². The second-order valence-corrected chi connectivity index (χ2v) is 8.84. The number of carbonyl (C=O) groups excluding carboxylic acids is 1. The number of pyridine rings is 1. The first kappa shape index (κ1) is 18.0. The zero-order valence-electron chi connectivity index (χ0n) is 15.1. The fourth-order valence-electron chi connectivity index (χ4n) is 3.53. The normalized spacial score (nSPS) is 13.3. The van der Waals surface area contributed by atoms with Gasteiger partial charge in [-0.2, -0.15) is 5.26 Å². The van der Waals surface area contributed by atoms with Crippen LogP contribution in [0.5, 0.6) is 0 Å². The fraction of sp³-hybridized carbons (Fsp3) is 0.350. The van der Waals surface area contributed by atoms with Gasteiger partial charge in [-0.1, -0.05) is 13.3 Å². The Hall–Kier alpha value is -2.43. The van der Waals surface area contributed by atoms with Gasteiger partial charge in [-0.15, -0.1) is 22.7 Å². The minimum absolute atomic E-state index is 0.261. The molecule has 27 heavy (non-hydrogen) atoms. The number of nitrogens with zero attached hydrogens (tertiary/aromatic N) is 2. The Kier molecular flexibility index (Phi) is 4.85. The van der Waals surface area contributed by atoms with E-state index in [4.69, 9.17) is 5.73 Å². The van der Waals surface area contributed by atoms with Crippen LogP contribution in [-0.2, 0) is 19.3 Å². The Balaban J connectivity index is 1.67. The molecule has 0 saturated carbocycles. The van der Waals surface area contributed by atoms with Crippen molar-refractivity contribution >= 4 is 49.5 Å². The fourth-order valence-corrected chi connectivity index (χ4v) is 5.77. The Morgan fingerprint density at radius 3 is 2.93 bits per heavy atom. The average Bonchev–Trinajstić information content (AvgIpc) is 3.19. The first-order valence-corrected chi connectivity index (χ1v) is 10.8. The quantitative estimate of drug-likeness (QED) is 0.656. The van der Waals surface area contributed by atoms with E-state index in [-0.39, 0.29) is 5.91 Å². The van der Waals surface area contributed by atoms with Gasteiger partial charge >= 0.3 is 0 Å². The molecule has 4 rings (SSSR count). The third kappa shape index (κ3) is 3.20. The summed E-state index contributed by atoms with van der Waals surface area (Å²) in [5.41, 5.74) is 9.43. The van der Waals surface area contributed by atoms with Crippen molar-refractivity contribution in [2.75, 3.05) is 11.1 Å². The van der Waals surface area contributed by atoms with Crippen molar-refractivity contribution in [2.24, 2.45) is 0 Å². The summed E-state index contributed by atoms with van der Waals surface area (Å²) >= 11 is 2.84. The number of aryl methyl sites for hydroxylation is 2. The van der Waals surface area contributed by atoms with Crippen LogP contribution in [0, 0.1) is 11.3 Å². The van der Waals surface area contributed by atoms with E-state index in [0.29, 0.717) is 21.1 Å². The van der Waals surface area contributed by atoms with Crippen LogP contribution < -0.4 is 11.1 Å².